The Morgan fingerprint density at radius 2 is 1.85 bits per heavy atom. The number of rotatable bonds is 8. The third kappa shape index (κ3) is 3.94. The predicted octanol–water partition coefficient (Wildman–Crippen LogP) is 1.69. The number of ether oxygens (including phenoxy) is 2. The molecular formula is C14H18O6. The third-order valence-corrected chi connectivity index (χ3v) is 2.74. The van der Waals surface area contributed by atoms with E-state index >= 15 is 0 Å². The molecule has 1 atom stereocenters. The van der Waals surface area contributed by atoms with Crippen molar-refractivity contribution in [2.24, 2.45) is 5.92 Å². The van der Waals surface area contributed by atoms with Crippen molar-refractivity contribution in [3.05, 3.63) is 24.2 Å². The highest BCUT2D eigenvalue weighted by atomic mass is 16.6. The normalized spacial score (nSPS) is 11.9. The average Bonchev–Trinajstić information content (AvgIpc) is 2.92. The van der Waals surface area contributed by atoms with Gasteiger partial charge >= 0.3 is 11.9 Å². The minimum absolute atomic E-state index is 0.0319. The summed E-state index contributed by atoms with van der Waals surface area (Å²) in [5.41, 5.74) is 0. The second-order valence-electron chi connectivity index (χ2n) is 4.01. The lowest BCUT2D eigenvalue weighted by Crippen LogP contribution is -2.33. The lowest BCUT2D eigenvalue weighted by molar-refractivity contribution is -0.163. The highest BCUT2D eigenvalue weighted by Crippen LogP contribution is 2.30. The summed E-state index contributed by atoms with van der Waals surface area (Å²) in [6.07, 6.45) is 2.02. The van der Waals surface area contributed by atoms with Gasteiger partial charge in [-0.3, -0.25) is 9.59 Å². The van der Waals surface area contributed by atoms with Crippen molar-refractivity contribution >= 4 is 18.2 Å². The minimum Gasteiger partial charge on any atom is -0.469 e. The number of furan rings is 1. The largest absolute Gasteiger partial charge is 0.469 e. The maximum Gasteiger partial charge on any atom is 0.321 e. The fourth-order valence-electron chi connectivity index (χ4n) is 1.91. The maximum atomic E-state index is 12.0. The summed E-state index contributed by atoms with van der Waals surface area (Å²) in [6.45, 7) is 3.56. The summed E-state index contributed by atoms with van der Waals surface area (Å²) in [7, 11) is 0. The van der Waals surface area contributed by atoms with Crippen molar-refractivity contribution in [1.29, 1.82) is 0 Å². The topological polar surface area (TPSA) is 82.8 Å². The van der Waals surface area contributed by atoms with Gasteiger partial charge in [0.25, 0.3) is 0 Å². The Morgan fingerprint density at radius 3 is 2.25 bits per heavy atom. The lowest BCUT2D eigenvalue weighted by Gasteiger charge is -2.20. The molecule has 0 saturated carbocycles. The van der Waals surface area contributed by atoms with Crippen LogP contribution in [0.5, 0.6) is 0 Å². The summed E-state index contributed by atoms with van der Waals surface area (Å²) in [4.78, 5) is 34.8. The molecule has 0 bridgehead atoms. The molecular weight excluding hydrogens is 264 g/mol. The van der Waals surface area contributed by atoms with Gasteiger partial charge in [0.2, 0.25) is 0 Å². The van der Waals surface area contributed by atoms with E-state index in [4.69, 9.17) is 13.9 Å². The van der Waals surface area contributed by atoms with Gasteiger partial charge in [-0.1, -0.05) is 0 Å². The summed E-state index contributed by atoms with van der Waals surface area (Å²) in [6, 6.07) is 3.24. The highest BCUT2D eigenvalue weighted by molar-refractivity contribution is 5.96. The molecule has 0 fully saturated rings. The molecule has 6 nitrogen and oxygen atoms in total. The fourth-order valence-corrected chi connectivity index (χ4v) is 1.91. The van der Waals surface area contributed by atoms with E-state index in [0.717, 1.165) is 0 Å². The Hall–Kier alpha value is -2.11. The number of carbonyl (C=O) groups is 3. The smallest absolute Gasteiger partial charge is 0.321 e. The summed E-state index contributed by atoms with van der Waals surface area (Å²) >= 11 is 0. The molecule has 110 valence electrons. The first-order valence-electron chi connectivity index (χ1n) is 6.45. The van der Waals surface area contributed by atoms with Crippen LogP contribution in [0.3, 0.4) is 0 Å². The molecule has 0 aliphatic carbocycles. The van der Waals surface area contributed by atoms with E-state index in [-0.39, 0.29) is 19.6 Å². The monoisotopic (exact) mass is 282 g/mol. The van der Waals surface area contributed by atoms with Crippen molar-refractivity contribution < 1.29 is 28.3 Å². The molecule has 0 aromatic carbocycles. The van der Waals surface area contributed by atoms with Crippen molar-refractivity contribution in [3.8, 4) is 0 Å². The summed E-state index contributed by atoms with van der Waals surface area (Å²) < 4.78 is 15.0. The first kappa shape index (κ1) is 15.9. The summed E-state index contributed by atoms with van der Waals surface area (Å²) in [5.74, 6) is -2.97. The van der Waals surface area contributed by atoms with Gasteiger partial charge in [0.05, 0.1) is 19.5 Å². The average molecular weight is 282 g/mol. The van der Waals surface area contributed by atoms with Crippen molar-refractivity contribution in [3.63, 3.8) is 0 Å². The molecule has 6 heteroatoms. The molecule has 1 heterocycles. The van der Waals surface area contributed by atoms with Gasteiger partial charge in [0, 0.05) is 12.3 Å². The standard InChI is InChI=1S/C14H18O6/c1-3-18-13(16)12(14(17)19-4-2)10(7-8-15)11-6-5-9-20-11/h5-6,8-10,12H,3-4,7H2,1-2H3/t10-/m0/s1. The maximum absolute atomic E-state index is 12.0. The van der Waals surface area contributed by atoms with E-state index in [2.05, 4.69) is 0 Å². The SMILES string of the molecule is CCOC(=O)C(C(=O)OCC)[C@@H](CC=O)c1ccco1. The lowest BCUT2D eigenvalue weighted by atomic mass is 9.87. The molecule has 1 rings (SSSR count). The first-order chi connectivity index (χ1) is 9.65. The number of esters is 2. The van der Waals surface area contributed by atoms with E-state index in [9.17, 15) is 14.4 Å². The zero-order valence-corrected chi connectivity index (χ0v) is 11.5. The second kappa shape index (κ2) is 8.14. The molecule has 0 unspecified atom stereocenters. The first-order valence-corrected chi connectivity index (χ1v) is 6.45. The van der Waals surface area contributed by atoms with E-state index in [1.165, 1.54) is 6.26 Å². The minimum atomic E-state index is -1.20. The molecule has 0 amide bonds. The van der Waals surface area contributed by atoms with Crippen LogP contribution in [-0.2, 0) is 23.9 Å². The number of hydrogen-bond donors (Lipinski definition) is 0. The van der Waals surface area contributed by atoms with Crippen molar-refractivity contribution in [1.82, 2.24) is 0 Å². The fraction of sp³-hybridized carbons (Fsp3) is 0.500. The van der Waals surface area contributed by atoms with Gasteiger partial charge in [-0.25, -0.2) is 0 Å². The van der Waals surface area contributed by atoms with Gasteiger partial charge in [-0.05, 0) is 26.0 Å². The van der Waals surface area contributed by atoms with Crippen LogP contribution in [-0.4, -0.2) is 31.4 Å². The Kier molecular flexibility index (Phi) is 6.49. The van der Waals surface area contributed by atoms with Crippen LogP contribution in [0.2, 0.25) is 0 Å². The number of hydrogen-bond acceptors (Lipinski definition) is 6. The molecule has 0 saturated heterocycles. The van der Waals surface area contributed by atoms with Crippen LogP contribution in [0.15, 0.2) is 22.8 Å². The van der Waals surface area contributed by atoms with Gasteiger partial charge in [0.15, 0.2) is 5.92 Å². The van der Waals surface area contributed by atoms with Gasteiger partial charge in [-0.15, -0.1) is 0 Å². The molecule has 0 N–H and O–H groups in total. The van der Waals surface area contributed by atoms with E-state index in [0.29, 0.717) is 12.0 Å². The van der Waals surface area contributed by atoms with Crippen LogP contribution < -0.4 is 0 Å². The quantitative estimate of drug-likeness (QED) is 0.410. The van der Waals surface area contributed by atoms with Gasteiger partial charge < -0.3 is 18.7 Å². The highest BCUT2D eigenvalue weighted by Gasteiger charge is 2.39. The van der Waals surface area contributed by atoms with Crippen LogP contribution in [0.25, 0.3) is 0 Å². The van der Waals surface area contributed by atoms with Crippen LogP contribution >= 0.6 is 0 Å². The Balaban J connectivity index is 3.06. The van der Waals surface area contributed by atoms with Crippen LogP contribution in [0, 0.1) is 5.92 Å². The van der Waals surface area contributed by atoms with Crippen molar-refractivity contribution in [2.75, 3.05) is 13.2 Å². The third-order valence-electron chi connectivity index (χ3n) is 2.74. The molecule has 0 aliphatic heterocycles. The summed E-state index contributed by atoms with van der Waals surface area (Å²) in [5, 5.41) is 0. The molecule has 0 aliphatic rings. The van der Waals surface area contributed by atoms with Gasteiger partial charge in [0.1, 0.15) is 12.0 Å². The zero-order valence-electron chi connectivity index (χ0n) is 11.5. The zero-order chi connectivity index (χ0) is 15.0. The molecule has 0 spiro atoms. The predicted molar refractivity (Wildman–Crippen MR) is 68.9 cm³/mol. The van der Waals surface area contributed by atoms with E-state index < -0.39 is 23.8 Å². The van der Waals surface area contributed by atoms with Crippen LogP contribution in [0.1, 0.15) is 31.9 Å². The van der Waals surface area contributed by atoms with E-state index in [1.54, 1.807) is 26.0 Å². The Labute approximate surface area is 117 Å². The second-order valence-corrected chi connectivity index (χ2v) is 4.01. The molecule has 1 aromatic rings. The van der Waals surface area contributed by atoms with E-state index in [1.807, 2.05) is 0 Å². The number of carbonyl (C=O) groups excluding carboxylic acids is 3. The van der Waals surface area contributed by atoms with Crippen LogP contribution in [0.4, 0.5) is 0 Å². The molecule has 0 radical (unpaired) electrons. The van der Waals surface area contributed by atoms with Crippen molar-refractivity contribution in [2.45, 2.75) is 26.2 Å². The Morgan fingerprint density at radius 1 is 1.25 bits per heavy atom. The molecule has 20 heavy (non-hydrogen) atoms. The number of aldehydes is 1. The van der Waals surface area contributed by atoms with Gasteiger partial charge in [-0.2, -0.15) is 0 Å². The molecule has 1 aromatic heterocycles. The Bertz CT molecular complexity index is 419.